The summed E-state index contributed by atoms with van der Waals surface area (Å²) in [5.41, 5.74) is 0. The first kappa shape index (κ1) is 11.3. The Balaban J connectivity index is 1.92. The second-order valence-electron chi connectivity index (χ2n) is 3.43. The molecule has 0 radical (unpaired) electrons. The minimum absolute atomic E-state index is 0.165. The second-order valence-corrected chi connectivity index (χ2v) is 3.43. The first-order valence-electron chi connectivity index (χ1n) is 5.22. The number of rotatable bonds is 4. The molecular formula is C13H12O4. The third kappa shape index (κ3) is 3.11. The van der Waals surface area contributed by atoms with Crippen LogP contribution in [0, 0.1) is 0 Å². The summed E-state index contributed by atoms with van der Waals surface area (Å²) in [6.07, 6.45) is 0.744. The topological polar surface area (TPSA) is 48.7 Å². The maximum atomic E-state index is 11.6. The van der Waals surface area contributed by atoms with Crippen molar-refractivity contribution in [2.24, 2.45) is 0 Å². The van der Waals surface area contributed by atoms with E-state index in [2.05, 4.69) is 0 Å². The van der Waals surface area contributed by atoms with Gasteiger partial charge in [-0.2, -0.15) is 0 Å². The maximum Gasteiger partial charge on any atom is 0.354 e. The van der Waals surface area contributed by atoms with Gasteiger partial charge in [0.05, 0.1) is 6.26 Å². The number of esters is 1. The van der Waals surface area contributed by atoms with Gasteiger partial charge in [0.15, 0.2) is 6.10 Å². The Kier molecular flexibility index (Phi) is 3.45. The van der Waals surface area contributed by atoms with Gasteiger partial charge in [-0.1, -0.05) is 18.2 Å². The van der Waals surface area contributed by atoms with E-state index < -0.39 is 12.1 Å². The molecule has 0 spiro atoms. The van der Waals surface area contributed by atoms with E-state index in [1.54, 1.807) is 31.2 Å². The van der Waals surface area contributed by atoms with Crippen LogP contribution in [0.2, 0.25) is 0 Å². The van der Waals surface area contributed by atoms with Crippen LogP contribution < -0.4 is 9.47 Å². The molecular weight excluding hydrogens is 220 g/mol. The molecule has 0 saturated heterocycles. The predicted molar refractivity (Wildman–Crippen MR) is 60.9 cm³/mol. The van der Waals surface area contributed by atoms with Crippen LogP contribution in [0.15, 0.2) is 53.1 Å². The molecule has 0 saturated carbocycles. The van der Waals surface area contributed by atoms with Crippen molar-refractivity contribution in [3.63, 3.8) is 0 Å². The first-order valence-corrected chi connectivity index (χ1v) is 5.22. The van der Waals surface area contributed by atoms with Crippen molar-refractivity contribution in [3.8, 4) is 11.7 Å². The first-order chi connectivity index (χ1) is 8.25. The van der Waals surface area contributed by atoms with Crippen molar-refractivity contribution in [2.45, 2.75) is 13.0 Å². The molecule has 2 rings (SSSR count). The zero-order valence-corrected chi connectivity index (χ0v) is 9.33. The second kappa shape index (κ2) is 5.21. The molecule has 1 atom stereocenters. The highest BCUT2D eigenvalue weighted by Gasteiger charge is 2.18. The fourth-order valence-corrected chi connectivity index (χ4v) is 1.25. The number of hydrogen-bond acceptors (Lipinski definition) is 4. The Morgan fingerprint density at radius 2 is 1.94 bits per heavy atom. The summed E-state index contributed by atoms with van der Waals surface area (Å²) in [6, 6.07) is 12.3. The Labute approximate surface area is 98.8 Å². The van der Waals surface area contributed by atoms with E-state index in [9.17, 15) is 4.79 Å². The zero-order valence-electron chi connectivity index (χ0n) is 9.33. The lowest BCUT2D eigenvalue weighted by atomic mass is 10.3. The number of para-hydroxylation sites is 1. The molecule has 2 aromatic rings. The van der Waals surface area contributed by atoms with E-state index in [0.717, 1.165) is 0 Å². The van der Waals surface area contributed by atoms with Crippen molar-refractivity contribution in [1.82, 2.24) is 0 Å². The average molecular weight is 232 g/mol. The molecule has 17 heavy (non-hydrogen) atoms. The molecule has 1 aromatic carbocycles. The van der Waals surface area contributed by atoms with Gasteiger partial charge in [0.1, 0.15) is 5.75 Å². The van der Waals surface area contributed by atoms with Gasteiger partial charge in [0.25, 0.3) is 5.95 Å². The quantitative estimate of drug-likeness (QED) is 0.760. The van der Waals surface area contributed by atoms with Crippen molar-refractivity contribution in [2.75, 3.05) is 0 Å². The molecule has 0 N–H and O–H groups in total. The van der Waals surface area contributed by atoms with Crippen LogP contribution in [-0.2, 0) is 4.79 Å². The van der Waals surface area contributed by atoms with Gasteiger partial charge in [-0.3, -0.25) is 0 Å². The van der Waals surface area contributed by atoms with Crippen LogP contribution in [0.3, 0.4) is 0 Å². The molecule has 0 fully saturated rings. The van der Waals surface area contributed by atoms with Gasteiger partial charge in [-0.15, -0.1) is 0 Å². The summed E-state index contributed by atoms with van der Waals surface area (Å²) in [6.45, 7) is 1.62. The largest absolute Gasteiger partial charge is 0.479 e. The van der Waals surface area contributed by atoms with Gasteiger partial charge < -0.3 is 13.9 Å². The van der Waals surface area contributed by atoms with Crippen LogP contribution in [0.5, 0.6) is 11.7 Å². The highest BCUT2D eigenvalue weighted by Crippen LogP contribution is 2.14. The Morgan fingerprint density at radius 1 is 1.18 bits per heavy atom. The molecule has 4 heteroatoms. The number of carbonyl (C=O) groups excluding carboxylic acids is 1. The lowest BCUT2D eigenvalue weighted by Gasteiger charge is -2.12. The summed E-state index contributed by atoms with van der Waals surface area (Å²) in [5, 5.41) is 0. The predicted octanol–water partition coefficient (Wildman–Crippen LogP) is 2.65. The Bertz CT molecular complexity index is 461. The third-order valence-electron chi connectivity index (χ3n) is 2.08. The standard InChI is InChI=1S/C13H12O4/c1-10(16-11-6-3-2-4-7-11)13(14)17-12-8-5-9-15-12/h2-10H,1H3/t10-/m0/s1. The van der Waals surface area contributed by atoms with Gasteiger partial charge in [0, 0.05) is 6.07 Å². The van der Waals surface area contributed by atoms with Crippen molar-refractivity contribution < 1.29 is 18.7 Å². The summed E-state index contributed by atoms with van der Waals surface area (Å²) in [7, 11) is 0. The minimum atomic E-state index is -0.692. The van der Waals surface area contributed by atoms with E-state index in [-0.39, 0.29) is 5.95 Å². The molecule has 0 unspecified atom stereocenters. The summed E-state index contributed by atoms with van der Waals surface area (Å²) in [4.78, 5) is 11.6. The molecule has 4 nitrogen and oxygen atoms in total. The summed E-state index contributed by atoms with van der Waals surface area (Å²) in [5.74, 6) is 0.290. The fraction of sp³-hybridized carbons (Fsp3) is 0.154. The number of ether oxygens (including phenoxy) is 2. The van der Waals surface area contributed by atoms with E-state index in [0.29, 0.717) is 5.75 Å². The van der Waals surface area contributed by atoms with Crippen LogP contribution in [0.25, 0.3) is 0 Å². The average Bonchev–Trinajstić information content (AvgIpc) is 2.83. The molecule has 0 bridgehead atoms. The van der Waals surface area contributed by atoms with E-state index in [1.807, 2.05) is 18.2 Å². The molecule has 88 valence electrons. The lowest BCUT2D eigenvalue weighted by molar-refractivity contribution is -0.142. The minimum Gasteiger partial charge on any atom is -0.479 e. The molecule has 1 heterocycles. The SMILES string of the molecule is C[C@H](Oc1ccccc1)C(=O)Oc1ccco1. The van der Waals surface area contributed by atoms with Gasteiger partial charge in [-0.05, 0) is 25.1 Å². The summed E-state index contributed by atoms with van der Waals surface area (Å²) < 4.78 is 15.3. The molecule has 0 aliphatic heterocycles. The van der Waals surface area contributed by atoms with Crippen molar-refractivity contribution in [1.29, 1.82) is 0 Å². The van der Waals surface area contributed by atoms with Crippen molar-refractivity contribution in [3.05, 3.63) is 48.7 Å². The molecule has 0 aliphatic rings. The van der Waals surface area contributed by atoms with E-state index in [1.165, 1.54) is 6.26 Å². The highest BCUT2D eigenvalue weighted by molar-refractivity contribution is 5.76. The molecule has 1 aromatic heterocycles. The van der Waals surface area contributed by atoms with Crippen LogP contribution in [0.4, 0.5) is 0 Å². The van der Waals surface area contributed by atoms with E-state index >= 15 is 0 Å². The normalized spacial score (nSPS) is 11.8. The van der Waals surface area contributed by atoms with Crippen LogP contribution in [-0.4, -0.2) is 12.1 Å². The fourth-order valence-electron chi connectivity index (χ4n) is 1.25. The van der Waals surface area contributed by atoms with E-state index in [4.69, 9.17) is 13.9 Å². The summed E-state index contributed by atoms with van der Waals surface area (Å²) >= 11 is 0. The zero-order chi connectivity index (χ0) is 12.1. The van der Waals surface area contributed by atoms with Crippen LogP contribution >= 0.6 is 0 Å². The monoisotopic (exact) mass is 232 g/mol. The van der Waals surface area contributed by atoms with Crippen LogP contribution in [0.1, 0.15) is 6.92 Å². The Hall–Kier alpha value is -2.23. The van der Waals surface area contributed by atoms with Crippen molar-refractivity contribution >= 4 is 5.97 Å². The highest BCUT2D eigenvalue weighted by atomic mass is 16.6. The Morgan fingerprint density at radius 3 is 2.59 bits per heavy atom. The maximum absolute atomic E-state index is 11.6. The van der Waals surface area contributed by atoms with Gasteiger partial charge in [-0.25, -0.2) is 4.79 Å². The molecule has 0 aliphatic carbocycles. The smallest absolute Gasteiger partial charge is 0.354 e. The molecule has 0 amide bonds. The van der Waals surface area contributed by atoms with Gasteiger partial charge in [0.2, 0.25) is 0 Å². The number of carbonyl (C=O) groups is 1. The third-order valence-corrected chi connectivity index (χ3v) is 2.08. The number of furan rings is 1. The number of hydrogen-bond donors (Lipinski definition) is 0. The number of benzene rings is 1. The van der Waals surface area contributed by atoms with Gasteiger partial charge >= 0.3 is 5.97 Å². The lowest BCUT2D eigenvalue weighted by Crippen LogP contribution is -2.28.